The summed E-state index contributed by atoms with van der Waals surface area (Å²) in [5, 5.41) is 10.5. The zero-order valence-corrected chi connectivity index (χ0v) is 15.4. The Morgan fingerprint density at radius 3 is 2.52 bits per heavy atom. The average molecular weight is 340 g/mol. The molecule has 1 N–H and O–H groups in total. The number of β-amino-alcohol motifs (C(OH)–C–C–N with tert-alkyl or cyclic N) is 1. The van der Waals surface area contributed by atoms with Crippen molar-refractivity contribution in [3.8, 4) is 5.75 Å². The van der Waals surface area contributed by atoms with Crippen LogP contribution in [0.2, 0.25) is 0 Å². The van der Waals surface area contributed by atoms with E-state index in [4.69, 9.17) is 4.74 Å². The maximum absolute atomic E-state index is 10.5. The first-order valence-electron chi connectivity index (χ1n) is 8.93. The molecule has 4 nitrogen and oxygen atoms in total. The summed E-state index contributed by atoms with van der Waals surface area (Å²) in [6.07, 6.45) is -0.484. The first-order chi connectivity index (χ1) is 12.1. The van der Waals surface area contributed by atoms with Gasteiger partial charge in [-0.3, -0.25) is 4.90 Å². The van der Waals surface area contributed by atoms with Crippen LogP contribution >= 0.6 is 0 Å². The lowest BCUT2D eigenvalue weighted by Crippen LogP contribution is -2.47. The molecule has 1 fully saturated rings. The fraction of sp³-hybridized carbons (Fsp3) is 0.429. The van der Waals surface area contributed by atoms with E-state index in [1.165, 1.54) is 16.8 Å². The average Bonchev–Trinajstić information content (AvgIpc) is 2.64. The van der Waals surface area contributed by atoms with Crippen molar-refractivity contribution in [1.29, 1.82) is 0 Å². The van der Waals surface area contributed by atoms with Gasteiger partial charge in [0.2, 0.25) is 0 Å². The zero-order chi connectivity index (χ0) is 17.8. The van der Waals surface area contributed by atoms with Crippen LogP contribution < -0.4 is 9.64 Å². The van der Waals surface area contributed by atoms with Crippen LogP contribution in [0.1, 0.15) is 22.8 Å². The summed E-state index contributed by atoms with van der Waals surface area (Å²) in [5.41, 5.74) is 4.89. The molecule has 1 aliphatic rings. The predicted molar refractivity (Wildman–Crippen MR) is 103 cm³/mol. The minimum Gasteiger partial charge on any atom is -0.497 e. The Morgan fingerprint density at radius 1 is 1.04 bits per heavy atom. The number of benzene rings is 2. The second-order valence-electron chi connectivity index (χ2n) is 6.87. The van der Waals surface area contributed by atoms with E-state index in [2.05, 4.69) is 41.8 Å². The number of ether oxygens (including phenoxy) is 1. The van der Waals surface area contributed by atoms with E-state index in [-0.39, 0.29) is 0 Å². The fourth-order valence-corrected chi connectivity index (χ4v) is 3.43. The lowest BCUT2D eigenvalue weighted by molar-refractivity contribution is 0.109. The number of aryl methyl sites for hydroxylation is 2. The number of piperazine rings is 1. The second kappa shape index (κ2) is 7.89. The molecule has 0 saturated carbocycles. The Hall–Kier alpha value is -2.04. The molecule has 1 saturated heterocycles. The molecule has 2 aromatic rings. The predicted octanol–water partition coefficient (Wildman–Crippen LogP) is 3.17. The molecule has 0 aromatic heterocycles. The van der Waals surface area contributed by atoms with Crippen LogP contribution in [0.25, 0.3) is 0 Å². The summed E-state index contributed by atoms with van der Waals surface area (Å²) in [6, 6.07) is 14.3. The first kappa shape index (κ1) is 17.8. The Bertz CT molecular complexity index is 709. The van der Waals surface area contributed by atoms with Crippen molar-refractivity contribution < 1.29 is 9.84 Å². The molecule has 0 aliphatic carbocycles. The molecule has 1 heterocycles. The summed E-state index contributed by atoms with van der Waals surface area (Å²) in [7, 11) is 1.65. The lowest BCUT2D eigenvalue weighted by Gasteiger charge is -2.37. The third-order valence-electron chi connectivity index (χ3n) is 4.99. The molecule has 0 spiro atoms. The second-order valence-corrected chi connectivity index (χ2v) is 6.87. The number of anilines is 1. The molecule has 2 aromatic carbocycles. The van der Waals surface area contributed by atoms with Gasteiger partial charge in [-0.1, -0.05) is 24.3 Å². The van der Waals surface area contributed by atoms with E-state index in [0.717, 1.165) is 37.5 Å². The molecule has 4 heteroatoms. The van der Waals surface area contributed by atoms with Gasteiger partial charge >= 0.3 is 0 Å². The monoisotopic (exact) mass is 340 g/mol. The largest absolute Gasteiger partial charge is 0.497 e. The Balaban J connectivity index is 1.58. The van der Waals surface area contributed by atoms with Crippen molar-refractivity contribution in [1.82, 2.24) is 4.90 Å². The van der Waals surface area contributed by atoms with Gasteiger partial charge in [-0.15, -0.1) is 0 Å². The van der Waals surface area contributed by atoms with E-state index in [1.54, 1.807) is 7.11 Å². The van der Waals surface area contributed by atoms with Crippen LogP contribution in [0, 0.1) is 13.8 Å². The van der Waals surface area contributed by atoms with E-state index in [9.17, 15) is 5.11 Å². The minimum atomic E-state index is -0.484. The molecule has 1 atom stereocenters. The third kappa shape index (κ3) is 4.33. The molecule has 0 amide bonds. The quantitative estimate of drug-likeness (QED) is 0.907. The van der Waals surface area contributed by atoms with Gasteiger partial charge < -0.3 is 14.7 Å². The number of hydrogen-bond acceptors (Lipinski definition) is 4. The van der Waals surface area contributed by atoms with Crippen molar-refractivity contribution in [3.05, 3.63) is 59.2 Å². The maximum atomic E-state index is 10.5. The van der Waals surface area contributed by atoms with Crippen molar-refractivity contribution in [2.24, 2.45) is 0 Å². The highest BCUT2D eigenvalue weighted by molar-refractivity contribution is 5.55. The number of hydrogen-bond donors (Lipinski definition) is 1. The van der Waals surface area contributed by atoms with Gasteiger partial charge in [0, 0.05) is 38.4 Å². The lowest BCUT2D eigenvalue weighted by atomic mass is 10.1. The van der Waals surface area contributed by atoms with Crippen molar-refractivity contribution in [2.45, 2.75) is 20.0 Å². The van der Waals surface area contributed by atoms with Crippen LogP contribution in [0.4, 0.5) is 5.69 Å². The van der Waals surface area contributed by atoms with Gasteiger partial charge in [0.05, 0.1) is 13.2 Å². The summed E-state index contributed by atoms with van der Waals surface area (Å²) < 4.78 is 5.25. The third-order valence-corrected chi connectivity index (χ3v) is 4.99. The zero-order valence-electron chi connectivity index (χ0n) is 15.4. The molecule has 0 radical (unpaired) electrons. The molecule has 3 rings (SSSR count). The highest BCUT2D eigenvalue weighted by Crippen LogP contribution is 2.24. The van der Waals surface area contributed by atoms with E-state index < -0.39 is 6.10 Å². The van der Waals surface area contributed by atoms with Crippen molar-refractivity contribution >= 4 is 5.69 Å². The SMILES string of the molecule is COc1cccc([C@H](O)CN2CCN(c3cc(C)ccc3C)CC2)c1. The van der Waals surface area contributed by atoms with Crippen LogP contribution in [0.5, 0.6) is 5.75 Å². The summed E-state index contributed by atoms with van der Waals surface area (Å²) in [6.45, 7) is 8.90. The maximum Gasteiger partial charge on any atom is 0.119 e. The normalized spacial score (nSPS) is 16.7. The standard InChI is InChI=1S/C21H28N2O2/c1-16-7-8-17(2)20(13-16)23-11-9-22(10-12-23)15-21(24)18-5-4-6-19(14-18)25-3/h4-8,13-14,21,24H,9-12,15H2,1-3H3/t21-/m1/s1. The van der Waals surface area contributed by atoms with E-state index >= 15 is 0 Å². The van der Waals surface area contributed by atoms with Crippen molar-refractivity contribution in [2.75, 3.05) is 44.7 Å². The number of aliphatic hydroxyl groups excluding tert-OH is 1. The van der Waals surface area contributed by atoms with Gasteiger partial charge in [0.25, 0.3) is 0 Å². The van der Waals surface area contributed by atoms with E-state index in [0.29, 0.717) is 6.54 Å². The molecular formula is C21H28N2O2. The first-order valence-corrected chi connectivity index (χ1v) is 8.93. The number of rotatable bonds is 5. The summed E-state index contributed by atoms with van der Waals surface area (Å²) in [5.74, 6) is 0.788. The Labute approximate surface area is 150 Å². The molecule has 0 unspecified atom stereocenters. The Kier molecular flexibility index (Phi) is 5.61. The molecule has 25 heavy (non-hydrogen) atoms. The van der Waals surface area contributed by atoms with Crippen LogP contribution in [-0.4, -0.2) is 49.8 Å². The number of aliphatic hydroxyl groups is 1. The van der Waals surface area contributed by atoms with Gasteiger partial charge in [0.15, 0.2) is 0 Å². The van der Waals surface area contributed by atoms with E-state index in [1.807, 2.05) is 24.3 Å². The fourth-order valence-electron chi connectivity index (χ4n) is 3.43. The summed E-state index contributed by atoms with van der Waals surface area (Å²) in [4.78, 5) is 4.79. The molecular weight excluding hydrogens is 312 g/mol. The topological polar surface area (TPSA) is 35.9 Å². The van der Waals surface area contributed by atoms with Gasteiger partial charge in [-0.05, 0) is 48.7 Å². The Morgan fingerprint density at radius 2 is 1.80 bits per heavy atom. The molecule has 0 bridgehead atoms. The van der Waals surface area contributed by atoms with Crippen LogP contribution in [0.3, 0.4) is 0 Å². The van der Waals surface area contributed by atoms with Crippen LogP contribution in [0.15, 0.2) is 42.5 Å². The highest BCUT2D eigenvalue weighted by Gasteiger charge is 2.21. The molecule has 134 valence electrons. The van der Waals surface area contributed by atoms with Crippen molar-refractivity contribution in [3.63, 3.8) is 0 Å². The van der Waals surface area contributed by atoms with Crippen LogP contribution in [-0.2, 0) is 0 Å². The molecule has 1 aliphatic heterocycles. The van der Waals surface area contributed by atoms with Gasteiger partial charge in [0.1, 0.15) is 5.75 Å². The smallest absolute Gasteiger partial charge is 0.119 e. The van der Waals surface area contributed by atoms with Gasteiger partial charge in [-0.2, -0.15) is 0 Å². The summed E-state index contributed by atoms with van der Waals surface area (Å²) >= 11 is 0. The highest BCUT2D eigenvalue weighted by atomic mass is 16.5. The number of methoxy groups -OCH3 is 1. The van der Waals surface area contributed by atoms with Gasteiger partial charge in [-0.25, -0.2) is 0 Å². The minimum absolute atomic E-state index is 0.484. The number of nitrogens with zero attached hydrogens (tertiary/aromatic N) is 2.